The summed E-state index contributed by atoms with van der Waals surface area (Å²) in [4.78, 5) is 13.0. The summed E-state index contributed by atoms with van der Waals surface area (Å²) in [6.45, 7) is 3.49. The minimum Gasteiger partial charge on any atom is -0.335 e. The van der Waals surface area contributed by atoms with Crippen LogP contribution in [-0.4, -0.2) is 23.9 Å². The van der Waals surface area contributed by atoms with Crippen molar-refractivity contribution in [2.24, 2.45) is 0 Å². The fourth-order valence-corrected chi connectivity index (χ4v) is 1.09. The largest absolute Gasteiger partial charge is 0.335 e. The molecule has 0 fully saturated rings. The lowest BCUT2D eigenvalue weighted by Gasteiger charge is -2.21. The molecule has 0 radical (unpaired) electrons. The van der Waals surface area contributed by atoms with Crippen LogP contribution in [0.4, 0.5) is 0 Å². The first-order chi connectivity index (χ1) is 5.34. The molecule has 0 aromatic carbocycles. The van der Waals surface area contributed by atoms with Crippen LogP contribution in [0.15, 0.2) is 24.3 Å². The van der Waals surface area contributed by atoms with E-state index < -0.39 is 0 Å². The second-order valence-electron chi connectivity index (χ2n) is 2.54. The molecular weight excluding hydrogens is 138 g/mol. The highest BCUT2D eigenvalue weighted by Crippen LogP contribution is 2.01. The molecule has 2 heteroatoms. The highest BCUT2D eigenvalue weighted by molar-refractivity contribution is 5.87. The minimum absolute atomic E-state index is 0.122. The van der Waals surface area contributed by atoms with E-state index in [2.05, 4.69) is 6.08 Å². The normalized spacial score (nSPS) is 17.7. The first-order valence-corrected chi connectivity index (χ1v) is 3.91. The third kappa shape index (κ3) is 2.22. The SMILES string of the molecule is C/C=C/C(=O)N1CC=CCC1. The van der Waals surface area contributed by atoms with Crippen LogP contribution in [0.3, 0.4) is 0 Å². The number of rotatable bonds is 1. The van der Waals surface area contributed by atoms with E-state index in [9.17, 15) is 4.79 Å². The molecule has 60 valence electrons. The van der Waals surface area contributed by atoms with E-state index in [4.69, 9.17) is 0 Å². The van der Waals surface area contributed by atoms with Gasteiger partial charge in [0.05, 0.1) is 0 Å². The quantitative estimate of drug-likeness (QED) is 0.409. The molecule has 0 spiro atoms. The molecule has 1 amide bonds. The Morgan fingerprint density at radius 2 is 2.36 bits per heavy atom. The molecule has 0 aliphatic carbocycles. The van der Waals surface area contributed by atoms with Crippen LogP contribution in [0.25, 0.3) is 0 Å². The van der Waals surface area contributed by atoms with Crippen LogP contribution in [0.5, 0.6) is 0 Å². The third-order valence-corrected chi connectivity index (χ3v) is 1.68. The molecule has 11 heavy (non-hydrogen) atoms. The van der Waals surface area contributed by atoms with Crippen LogP contribution >= 0.6 is 0 Å². The standard InChI is InChI=1S/C9H13NO/c1-2-6-9(11)10-7-4-3-5-8-10/h2-4,6H,5,7-8H2,1H3/b6-2+. The number of carbonyl (C=O) groups is 1. The van der Waals surface area contributed by atoms with Gasteiger partial charge in [0.25, 0.3) is 0 Å². The lowest BCUT2D eigenvalue weighted by molar-refractivity contribution is -0.125. The summed E-state index contributed by atoms with van der Waals surface area (Å²) < 4.78 is 0. The van der Waals surface area contributed by atoms with E-state index in [1.807, 2.05) is 17.9 Å². The molecule has 1 aliphatic rings. The molecule has 2 nitrogen and oxygen atoms in total. The lowest BCUT2D eigenvalue weighted by atomic mass is 10.2. The van der Waals surface area contributed by atoms with Crippen molar-refractivity contribution in [1.29, 1.82) is 0 Å². The van der Waals surface area contributed by atoms with Gasteiger partial charge in [0.15, 0.2) is 0 Å². The summed E-state index contributed by atoms with van der Waals surface area (Å²) in [7, 11) is 0. The zero-order chi connectivity index (χ0) is 8.10. The highest BCUT2D eigenvalue weighted by atomic mass is 16.2. The van der Waals surface area contributed by atoms with Gasteiger partial charge in [-0.15, -0.1) is 0 Å². The predicted octanol–water partition coefficient (Wildman–Crippen LogP) is 1.35. The van der Waals surface area contributed by atoms with Gasteiger partial charge >= 0.3 is 0 Å². The average Bonchev–Trinajstić information content (AvgIpc) is 2.07. The number of carbonyl (C=O) groups excluding carboxylic acids is 1. The highest BCUT2D eigenvalue weighted by Gasteiger charge is 2.09. The van der Waals surface area contributed by atoms with E-state index >= 15 is 0 Å². The van der Waals surface area contributed by atoms with Crippen LogP contribution in [0.1, 0.15) is 13.3 Å². The second kappa shape index (κ2) is 3.96. The second-order valence-corrected chi connectivity index (χ2v) is 2.54. The van der Waals surface area contributed by atoms with Crippen LogP contribution in [0.2, 0.25) is 0 Å². The summed E-state index contributed by atoms with van der Waals surface area (Å²) in [5.74, 6) is 0.122. The van der Waals surface area contributed by atoms with E-state index in [0.29, 0.717) is 0 Å². The van der Waals surface area contributed by atoms with Crippen LogP contribution in [-0.2, 0) is 4.79 Å². The Hall–Kier alpha value is -1.05. The molecule has 0 saturated heterocycles. The van der Waals surface area contributed by atoms with E-state index in [0.717, 1.165) is 19.5 Å². The maximum Gasteiger partial charge on any atom is 0.246 e. The third-order valence-electron chi connectivity index (χ3n) is 1.68. The van der Waals surface area contributed by atoms with Crippen molar-refractivity contribution in [3.8, 4) is 0 Å². The molecule has 0 bridgehead atoms. The fraction of sp³-hybridized carbons (Fsp3) is 0.444. The van der Waals surface area contributed by atoms with Crippen molar-refractivity contribution < 1.29 is 4.79 Å². The van der Waals surface area contributed by atoms with Crippen LogP contribution < -0.4 is 0 Å². The first kappa shape index (κ1) is 8.05. The monoisotopic (exact) mass is 151 g/mol. The van der Waals surface area contributed by atoms with Gasteiger partial charge in [0, 0.05) is 13.1 Å². The number of hydrogen-bond acceptors (Lipinski definition) is 1. The zero-order valence-electron chi connectivity index (χ0n) is 6.79. The van der Waals surface area contributed by atoms with E-state index in [-0.39, 0.29) is 5.91 Å². The van der Waals surface area contributed by atoms with Crippen molar-refractivity contribution in [3.05, 3.63) is 24.3 Å². The minimum atomic E-state index is 0.122. The topological polar surface area (TPSA) is 20.3 Å². The average molecular weight is 151 g/mol. The summed E-state index contributed by atoms with van der Waals surface area (Å²) >= 11 is 0. The molecule has 1 rings (SSSR count). The Bertz CT molecular complexity index is 194. The molecule has 0 unspecified atom stereocenters. The Morgan fingerprint density at radius 1 is 1.55 bits per heavy atom. The van der Waals surface area contributed by atoms with Gasteiger partial charge in [-0.2, -0.15) is 0 Å². The van der Waals surface area contributed by atoms with Crippen molar-refractivity contribution in [2.75, 3.05) is 13.1 Å². The summed E-state index contributed by atoms with van der Waals surface area (Å²) in [6.07, 6.45) is 8.52. The predicted molar refractivity (Wildman–Crippen MR) is 45.2 cm³/mol. The van der Waals surface area contributed by atoms with Crippen molar-refractivity contribution in [1.82, 2.24) is 4.90 Å². The molecular formula is C9H13NO. The van der Waals surface area contributed by atoms with Gasteiger partial charge in [-0.05, 0) is 19.4 Å². The summed E-state index contributed by atoms with van der Waals surface area (Å²) in [5.41, 5.74) is 0. The molecule has 1 heterocycles. The van der Waals surface area contributed by atoms with Crippen molar-refractivity contribution in [2.45, 2.75) is 13.3 Å². The molecule has 0 aromatic rings. The molecule has 0 N–H and O–H groups in total. The van der Waals surface area contributed by atoms with Crippen molar-refractivity contribution >= 4 is 5.91 Å². The Kier molecular flexibility index (Phi) is 2.90. The Morgan fingerprint density at radius 3 is 2.91 bits per heavy atom. The zero-order valence-corrected chi connectivity index (χ0v) is 6.79. The van der Waals surface area contributed by atoms with Gasteiger partial charge in [0.2, 0.25) is 5.91 Å². The summed E-state index contributed by atoms with van der Waals surface area (Å²) in [6, 6.07) is 0. The maximum atomic E-state index is 11.2. The molecule has 0 aromatic heterocycles. The number of hydrogen-bond donors (Lipinski definition) is 0. The Labute approximate surface area is 67.2 Å². The van der Waals surface area contributed by atoms with Crippen LogP contribution in [0, 0.1) is 0 Å². The van der Waals surface area contributed by atoms with Gasteiger partial charge in [-0.25, -0.2) is 0 Å². The first-order valence-electron chi connectivity index (χ1n) is 3.91. The fourth-order valence-electron chi connectivity index (χ4n) is 1.09. The van der Waals surface area contributed by atoms with Gasteiger partial charge in [-0.1, -0.05) is 18.2 Å². The Balaban J connectivity index is 2.47. The van der Waals surface area contributed by atoms with Gasteiger partial charge in [0.1, 0.15) is 0 Å². The number of amides is 1. The van der Waals surface area contributed by atoms with E-state index in [1.54, 1.807) is 12.2 Å². The molecule has 0 saturated carbocycles. The number of nitrogens with zero attached hydrogens (tertiary/aromatic N) is 1. The molecule has 1 aliphatic heterocycles. The van der Waals surface area contributed by atoms with Gasteiger partial charge in [-0.3, -0.25) is 4.79 Å². The van der Waals surface area contributed by atoms with Gasteiger partial charge < -0.3 is 4.90 Å². The smallest absolute Gasteiger partial charge is 0.246 e. The lowest BCUT2D eigenvalue weighted by Crippen LogP contribution is -2.32. The molecule has 0 atom stereocenters. The number of allylic oxidation sites excluding steroid dienone is 1. The maximum absolute atomic E-state index is 11.2. The van der Waals surface area contributed by atoms with E-state index in [1.165, 1.54) is 0 Å². The summed E-state index contributed by atoms with van der Waals surface area (Å²) in [5, 5.41) is 0. The van der Waals surface area contributed by atoms with Crippen molar-refractivity contribution in [3.63, 3.8) is 0 Å².